The van der Waals surface area contributed by atoms with Crippen molar-refractivity contribution in [2.45, 2.75) is 17.9 Å². The Bertz CT molecular complexity index is 1180. The second-order valence-electron chi connectivity index (χ2n) is 7.46. The van der Waals surface area contributed by atoms with Crippen LogP contribution in [0.3, 0.4) is 0 Å². The Morgan fingerprint density at radius 2 is 1.72 bits per heavy atom. The van der Waals surface area contributed by atoms with Crippen LogP contribution in [-0.2, 0) is 14.8 Å². The average Bonchev–Trinajstić information content (AvgIpc) is 3.28. The van der Waals surface area contributed by atoms with Gasteiger partial charge in [-0.25, -0.2) is 13.4 Å². The summed E-state index contributed by atoms with van der Waals surface area (Å²) in [7, 11) is -3.54. The molecule has 10 heteroatoms. The molecule has 0 spiro atoms. The van der Waals surface area contributed by atoms with E-state index in [1.165, 1.54) is 15.6 Å². The predicted octanol–water partition coefficient (Wildman–Crippen LogP) is 3.91. The van der Waals surface area contributed by atoms with Gasteiger partial charge in [0.05, 0.1) is 16.6 Å². The number of piperazine rings is 1. The molecule has 1 atom stereocenters. The molecular weight excluding hydrogens is 512 g/mol. The van der Waals surface area contributed by atoms with E-state index < -0.39 is 16.1 Å². The number of anilines is 1. The molecule has 3 aromatic rings. The maximum atomic E-state index is 12.9. The number of aromatic nitrogens is 1. The number of thiazole rings is 1. The minimum Gasteiger partial charge on any atom is -0.301 e. The molecule has 0 radical (unpaired) electrons. The van der Waals surface area contributed by atoms with Crippen molar-refractivity contribution in [3.05, 3.63) is 64.5 Å². The zero-order chi connectivity index (χ0) is 22.7. The summed E-state index contributed by atoms with van der Waals surface area (Å²) in [6.07, 6.45) is 0. The highest BCUT2D eigenvalue weighted by Gasteiger charge is 2.32. The van der Waals surface area contributed by atoms with Crippen LogP contribution in [0.2, 0.25) is 0 Å². The minimum atomic E-state index is -3.54. The lowest BCUT2D eigenvalue weighted by molar-refractivity contribution is -0.121. The number of rotatable bonds is 6. The van der Waals surface area contributed by atoms with Crippen molar-refractivity contribution in [2.24, 2.45) is 0 Å². The molecule has 1 aliphatic rings. The van der Waals surface area contributed by atoms with E-state index in [2.05, 4.69) is 26.2 Å². The molecular formula is C22H23BrN4O3S2. The molecule has 1 N–H and O–H groups in total. The Balaban J connectivity index is 1.34. The summed E-state index contributed by atoms with van der Waals surface area (Å²) in [6.45, 7) is 3.48. The largest absolute Gasteiger partial charge is 0.301 e. The van der Waals surface area contributed by atoms with E-state index in [9.17, 15) is 13.2 Å². The van der Waals surface area contributed by atoms with Crippen LogP contribution in [0.5, 0.6) is 0 Å². The number of carbonyl (C=O) groups is 1. The van der Waals surface area contributed by atoms with Crippen LogP contribution in [0.15, 0.2) is 69.3 Å². The van der Waals surface area contributed by atoms with Crippen LogP contribution < -0.4 is 5.32 Å². The third-order valence-corrected chi connectivity index (χ3v) is 8.65. The van der Waals surface area contributed by atoms with Gasteiger partial charge in [-0.05, 0) is 31.2 Å². The second kappa shape index (κ2) is 9.80. The van der Waals surface area contributed by atoms with Gasteiger partial charge in [0.25, 0.3) is 0 Å². The molecule has 1 amide bonds. The predicted molar refractivity (Wildman–Crippen MR) is 130 cm³/mol. The van der Waals surface area contributed by atoms with Crippen LogP contribution in [-0.4, -0.2) is 60.7 Å². The fourth-order valence-electron chi connectivity index (χ4n) is 3.54. The van der Waals surface area contributed by atoms with E-state index in [0.29, 0.717) is 31.3 Å². The first-order valence-corrected chi connectivity index (χ1v) is 13.3. The summed E-state index contributed by atoms with van der Waals surface area (Å²) in [5.74, 6) is -0.150. The third-order valence-electron chi connectivity index (χ3n) is 5.46. The zero-order valence-corrected chi connectivity index (χ0v) is 20.7. The summed E-state index contributed by atoms with van der Waals surface area (Å²) in [5, 5.41) is 5.36. The number of amides is 1. The lowest BCUT2D eigenvalue weighted by atomic mass is 10.2. The van der Waals surface area contributed by atoms with Crippen molar-refractivity contribution in [2.75, 3.05) is 31.5 Å². The van der Waals surface area contributed by atoms with Crippen LogP contribution in [0, 0.1) is 0 Å². The van der Waals surface area contributed by atoms with Gasteiger partial charge < -0.3 is 5.32 Å². The van der Waals surface area contributed by atoms with Gasteiger partial charge >= 0.3 is 0 Å². The molecule has 1 aromatic heterocycles. The first-order chi connectivity index (χ1) is 15.3. The second-order valence-corrected chi connectivity index (χ2v) is 11.2. The van der Waals surface area contributed by atoms with Gasteiger partial charge in [-0.15, -0.1) is 11.3 Å². The number of nitrogens with zero attached hydrogens (tertiary/aromatic N) is 3. The maximum absolute atomic E-state index is 12.9. The Hall–Kier alpha value is -2.11. The Morgan fingerprint density at radius 1 is 1.06 bits per heavy atom. The van der Waals surface area contributed by atoms with Gasteiger partial charge in [-0.2, -0.15) is 4.31 Å². The summed E-state index contributed by atoms with van der Waals surface area (Å²) in [5.41, 5.74) is 1.82. The van der Waals surface area contributed by atoms with E-state index >= 15 is 0 Å². The quantitative estimate of drug-likeness (QED) is 0.518. The van der Waals surface area contributed by atoms with Gasteiger partial charge in [-0.1, -0.05) is 46.3 Å². The molecule has 4 rings (SSSR count). The van der Waals surface area contributed by atoms with E-state index in [1.807, 2.05) is 47.5 Å². The number of benzene rings is 2. The Kier molecular flexibility index (Phi) is 7.06. The lowest BCUT2D eigenvalue weighted by Gasteiger charge is -2.36. The molecule has 1 fully saturated rings. The summed E-state index contributed by atoms with van der Waals surface area (Å²) in [4.78, 5) is 19.5. The van der Waals surface area contributed by atoms with E-state index in [1.54, 1.807) is 24.3 Å². The number of nitrogens with one attached hydrogen (secondary N) is 1. The molecule has 1 aliphatic heterocycles. The van der Waals surface area contributed by atoms with Crippen molar-refractivity contribution < 1.29 is 13.2 Å². The zero-order valence-electron chi connectivity index (χ0n) is 17.4. The molecule has 2 heterocycles. The lowest BCUT2D eigenvalue weighted by Crippen LogP contribution is -2.53. The maximum Gasteiger partial charge on any atom is 0.243 e. The molecule has 0 bridgehead atoms. The van der Waals surface area contributed by atoms with Crippen LogP contribution in [0.4, 0.5) is 5.13 Å². The smallest absolute Gasteiger partial charge is 0.243 e. The minimum absolute atomic E-state index is 0.150. The van der Waals surface area contributed by atoms with E-state index in [4.69, 9.17) is 0 Å². The first-order valence-electron chi connectivity index (χ1n) is 10.2. The van der Waals surface area contributed by atoms with Crippen LogP contribution in [0.25, 0.3) is 11.3 Å². The highest BCUT2D eigenvalue weighted by atomic mass is 79.9. The van der Waals surface area contributed by atoms with Crippen molar-refractivity contribution in [1.29, 1.82) is 0 Å². The van der Waals surface area contributed by atoms with Crippen LogP contribution in [0.1, 0.15) is 6.92 Å². The SMILES string of the molecule is CC(C(=O)Nc1nc(-c2ccccc2)cs1)N1CCN(S(=O)(=O)c2ccc(Br)cc2)CC1. The van der Waals surface area contributed by atoms with Crippen molar-refractivity contribution in [3.63, 3.8) is 0 Å². The molecule has 1 saturated heterocycles. The van der Waals surface area contributed by atoms with Gasteiger partial charge in [0.1, 0.15) is 0 Å². The van der Waals surface area contributed by atoms with E-state index in [0.717, 1.165) is 15.7 Å². The topological polar surface area (TPSA) is 82.6 Å². The number of hydrogen-bond donors (Lipinski definition) is 1. The monoisotopic (exact) mass is 534 g/mol. The fraction of sp³-hybridized carbons (Fsp3) is 0.273. The summed E-state index contributed by atoms with van der Waals surface area (Å²) < 4.78 is 28.1. The summed E-state index contributed by atoms with van der Waals surface area (Å²) >= 11 is 4.71. The van der Waals surface area contributed by atoms with E-state index in [-0.39, 0.29) is 10.8 Å². The Morgan fingerprint density at radius 3 is 2.38 bits per heavy atom. The molecule has 2 aromatic carbocycles. The van der Waals surface area contributed by atoms with Gasteiger partial charge in [-0.3, -0.25) is 9.69 Å². The average molecular weight is 535 g/mol. The normalized spacial score (nSPS) is 16.6. The first kappa shape index (κ1) is 23.1. The molecule has 7 nitrogen and oxygen atoms in total. The van der Waals surface area contributed by atoms with Gasteiger partial charge in [0, 0.05) is 41.6 Å². The molecule has 168 valence electrons. The summed E-state index contributed by atoms with van der Waals surface area (Å²) in [6, 6.07) is 16.0. The number of halogens is 1. The van der Waals surface area contributed by atoms with Crippen molar-refractivity contribution >= 4 is 48.3 Å². The van der Waals surface area contributed by atoms with Crippen molar-refractivity contribution in [1.82, 2.24) is 14.2 Å². The highest BCUT2D eigenvalue weighted by molar-refractivity contribution is 9.10. The fourth-order valence-corrected chi connectivity index (χ4v) is 5.94. The van der Waals surface area contributed by atoms with Gasteiger partial charge in [0.15, 0.2) is 5.13 Å². The standard InChI is InChI=1S/C22H23BrN4O3S2/c1-16(21(28)25-22-24-20(15-31-22)17-5-3-2-4-6-17)26-11-13-27(14-12-26)32(29,30)19-9-7-18(23)8-10-19/h2-10,15-16H,11-14H2,1H3,(H,24,25,28). The molecule has 1 unspecified atom stereocenters. The molecule has 32 heavy (non-hydrogen) atoms. The van der Waals surface area contributed by atoms with Crippen molar-refractivity contribution in [3.8, 4) is 11.3 Å². The highest BCUT2D eigenvalue weighted by Crippen LogP contribution is 2.25. The Labute approximate surface area is 200 Å². The number of sulfonamides is 1. The van der Waals surface area contributed by atoms with Crippen LogP contribution >= 0.6 is 27.3 Å². The molecule has 0 aliphatic carbocycles. The van der Waals surface area contributed by atoms with Gasteiger partial charge in [0.2, 0.25) is 15.9 Å². The number of carbonyl (C=O) groups excluding carboxylic acids is 1. The third kappa shape index (κ3) is 5.10. The molecule has 0 saturated carbocycles. The number of hydrogen-bond acceptors (Lipinski definition) is 6.